The zero-order valence-corrected chi connectivity index (χ0v) is 29.7. The summed E-state index contributed by atoms with van der Waals surface area (Å²) in [6, 6.07) is 13.6. The molecule has 1 saturated carbocycles. The molecule has 0 unspecified atom stereocenters. The summed E-state index contributed by atoms with van der Waals surface area (Å²) in [5.74, 6) is -0.282. The Morgan fingerprint density at radius 2 is 1.72 bits per heavy atom. The van der Waals surface area contributed by atoms with Gasteiger partial charge in [-0.25, -0.2) is 27.1 Å². The van der Waals surface area contributed by atoms with E-state index in [1.54, 1.807) is 31.3 Å². The monoisotopic (exact) mass is 735 g/mol. The molecule has 1 aliphatic carbocycles. The Kier molecular flexibility index (Phi) is 11.1. The fourth-order valence-corrected chi connectivity index (χ4v) is 8.38. The maximum Gasteiger partial charge on any atom is 0.416 e. The highest BCUT2D eigenvalue weighted by Gasteiger charge is 2.38. The molecule has 0 aliphatic heterocycles. The van der Waals surface area contributed by atoms with E-state index in [0.29, 0.717) is 41.9 Å². The van der Waals surface area contributed by atoms with Crippen molar-refractivity contribution in [1.29, 1.82) is 0 Å². The number of sulfonamides is 1. The number of rotatable bonds is 11. The first-order valence-electron chi connectivity index (χ1n) is 15.7. The second-order valence-electron chi connectivity index (χ2n) is 12.3. The molecule has 0 amide bonds. The predicted molar refractivity (Wildman–Crippen MR) is 184 cm³/mol. The Balaban J connectivity index is 1.45. The van der Waals surface area contributed by atoms with Crippen LogP contribution in [0.3, 0.4) is 0 Å². The van der Waals surface area contributed by atoms with Crippen molar-refractivity contribution < 1.29 is 35.5 Å². The van der Waals surface area contributed by atoms with E-state index >= 15 is 4.39 Å². The molecule has 50 heavy (non-hydrogen) atoms. The molecule has 0 radical (unpaired) electrons. The predicted octanol–water partition coefficient (Wildman–Crippen LogP) is 7.40. The molecule has 1 fully saturated rings. The number of ether oxygens (including phenoxy) is 2. The van der Waals surface area contributed by atoms with Gasteiger partial charge >= 0.3 is 6.18 Å². The molecule has 9 nitrogen and oxygen atoms in total. The van der Waals surface area contributed by atoms with E-state index in [-0.39, 0.29) is 41.1 Å². The van der Waals surface area contributed by atoms with Gasteiger partial charge in [0, 0.05) is 49.1 Å². The Bertz CT molecular complexity index is 1920. The minimum absolute atomic E-state index is 0.000873. The number of benzene rings is 3. The van der Waals surface area contributed by atoms with Crippen LogP contribution in [0.2, 0.25) is 5.02 Å². The van der Waals surface area contributed by atoms with Crippen LogP contribution >= 0.6 is 11.6 Å². The van der Waals surface area contributed by atoms with Gasteiger partial charge in [0.25, 0.3) is 10.0 Å². The minimum Gasteiger partial charge on any atom is -0.497 e. The van der Waals surface area contributed by atoms with Crippen molar-refractivity contribution in [1.82, 2.24) is 14.9 Å². The lowest BCUT2D eigenvalue weighted by Crippen LogP contribution is -2.51. The summed E-state index contributed by atoms with van der Waals surface area (Å²) in [6.07, 6.45) is -0.158. The molecule has 0 saturated heterocycles. The molecular weight excluding hydrogens is 698 g/mol. The summed E-state index contributed by atoms with van der Waals surface area (Å²) in [5.41, 5.74) is 0.679. The van der Waals surface area contributed by atoms with E-state index < -0.39 is 32.5 Å². The van der Waals surface area contributed by atoms with Gasteiger partial charge in [-0.15, -0.1) is 0 Å². The first-order chi connectivity index (χ1) is 23.6. The van der Waals surface area contributed by atoms with Crippen LogP contribution in [0, 0.1) is 5.82 Å². The Hall–Kier alpha value is -4.14. The van der Waals surface area contributed by atoms with Crippen molar-refractivity contribution in [2.45, 2.75) is 54.9 Å². The number of hydrogen-bond donors (Lipinski definition) is 0. The van der Waals surface area contributed by atoms with E-state index in [0.717, 1.165) is 22.5 Å². The summed E-state index contributed by atoms with van der Waals surface area (Å²) >= 11 is 6.75. The molecule has 3 atom stereocenters. The fraction of sp³-hybridized carbons (Fsp3) is 0.371. The lowest BCUT2D eigenvalue weighted by Gasteiger charge is -2.45. The van der Waals surface area contributed by atoms with Crippen LogP contribution in [-0.4, -0.2) is 70.7 Å². The third-order valence-corrected chi connectivity index (χ3v) is 11.3. The third-order valence-electron chi connectivity index (χ3n) is 9.21. The summed E-state index contributed by atoms with van der Waals surface area (Å²) in [7, 11) is 3.86. The topological polar surface area (TPSA) is 88.1 Å². The minimum atomic E-state index is -4.60. The van der Waals surface area contributed by atoms with Gasteiger partial charge in [0.2, 0.25) is 0 Å². The summed E-state index contributed by atoms with van der Waals surface area (Å²) < 4.78 is 96.6. The molecule has 0 spiro atoms. The van der Waals surface area contributed by atoms with Crippen LogP contribution in [0.5, 0.6) is 11.5 Å². The summed E-state index contributed by atoms with van der Waals surface area (Å²) in [6.45, 7) is -0.259. The highest BCUT2D eigenvalue weighted by Crippen LogP contribution is 2.42. The van der Waals surface area contributed by atoms with E-state index in [1.165, 1.54) is 44.9 Å². The standard InChI is InChI=1S/C35H38ClF4N5O4S/c1-43(2)31-16-23(22-7-6-8-25(15-22)35(38,39)40)10-12-29(31)44(3)30-19-28(37)33(18-27(30)36)50(46,47)45(34-13-14-41-21-42-34)20-24-9-11-26(48-4)17-32(24)49-5/h6-9,11,13-15,17-19,21,23,29,31H,10,12,16,20H2,1-5H3/t23-,29-,31-/m0/s1. The van der Waals surface area contributed by atoms with Crippen molar-refractivity contribution >= 4 is 33.1 Å². The molecule has 1 heterocycles. The first kappa shape index (κ1) is 37.1. The fourth-order valence-electron chi connectivity index (χ4n) is 6.55. The number of anilines is 2. The van der Waals surface area contributed by atoms with Crippen molar-refractivity contribution in [3.05, 3.63) is 101 Å². The quantitative estimate of drug-likeness (QED) is 0.147. The smallest absolute Gasteiger partial charge is 0.416 e. The van der Waals surface area contributed by atoms with Gasteiger partial charge in [-0.1, -0.05) is 29.8 Å². The molecule has 15 heteroatoms. The lowest BCUT2D eigenvalue weighted by atomic mass is 9.77. The van der Waals surface area contributed by atoms with Gasteiger partial charge < -0.3 is 19.3 Å². The molecule has 1 aliphatic rings. The summed E-state index contributed by atoms with van der Waals surface area (Å²) in [5, 5.41) is 0.00893. The largest absolute Gasteiger partial charge is 0.497 e. The lowest BCUT2D eigenvalue weighted by molar-refractivity contribution is -0.137. The Labute approximate surface area is 294 Å². The highest BCUT2D eigenvalue weighted by molar-refractivity contribution is 7.92. The van der Waals surface area contributed by atoms with E-state index in [2.05, 4.69) is 9.97 Å². The van der Waals surface area contributed by atoms with Gasteiger partial charge in [-0.2, -0.15) is 13.2 Å². The number of methoxy groups -OCH3 is 2. The van der Waals surface area contributed by atoms with Gasteiger partial charge in [0.1, 0.15) is 34.4 Å². The first-order valence-corrected chi connectivity index (χ1v) is 17.5. The van der Waals surface area contributed by atoms with Crippen LogP contribution in [0.4, 0.5) is 29.1 Å². The van der Waals surface area contributed by atoms with Gasteiger partial charge in [-0.05, 0) is 69.1 Å². The van der Waals surface area contributed by atoms with E-state index in [9.17, 15) is 21.6 Å². The number of halogens is 5. The van der Waals surface area contributed by atoms with Crippen LogP contribution in [-0.2, 0) is 22.7 Å². The average Bonchev–Trinajstić information content (AvgIpc) is 3.10. The molecule has 5 rings (SSSR count). The van der Waals surface area contributed by atoms with Crippen molar-refractivity contribution in [2.75, 3.05) is 44.6 Å². The average molecular weight is 736 g/mol. The van der Waals surface area contributed by atoms with Gasteiger partial charge in [0.15, 0.2) is 0 Å². The normalized spacial score (nSPS) is 18.2. The maximum absolute atomic E-state index is 16.1. The van der Waals surface area contributed by atoms with E-state index in [1.807, 2.05) is 23.9 Å². The Morgan fingerprint density at radius 3 is 2.36 bits per heavy atom. The van der Waals surface area contributed by atoms with Crippen LogP contribution in [0.1, 0.15) is 41.9 Å². The number of likely N-dealkylation sites (N-methyl/N-ethyl adjacent to an activating group) is 2. The molecular formula is C35H38ClF4N5O4S. The maximum atomic E-state index is 16.1. The molecule has 4 aromatic rings. The molecule has 0 N–H and O–H groups in total. The Morgan fingerprint density at radius 1 is 0.960 bits per heavy atom. The number of alkyl halides is 3. The van der Waals surface area contributed by atoms with Crippen LogP contribution < -0.4 is 18.7 Å². The highest BCUT2D eigenvalue weighted by atomic mass is 35.5. The zero-order valence-electron chi connectivity index (χ0n) is 28.2. The molecule has 0 bridgehead atoms. The zero-order chi connectivity index (χ0) is 36.4. The second-order valence-corrected chi connectivity index (χ2v) is 14.6. The van der Waals surface area contributed by atoms with Crippen LogP contribution in [0.15, 0.2) is 78.1 Å². The van der Waals surface area contributed by atoms with E-state index in [4.69, 9.17) is 21.1 Å². The summed E-state index contributed by atoms with van der Waals surface area (Å²) in [4.78, 5) is 11.2. The van der Waals surface area contributed by atoms with Crippen molar-refractivity contribution in [3.8, 4) is 11.5 Å². The number of aromatic nitrogens is 2. The number of nitrogens with zero attached hydrogens (tertiary/aromatic N) is 5. The molecule has 1 aromatic heterocycles. The van der Waals surface area contributed by atoms with Crippen LogP contribution in [0.25, 0.3) is 0 Å². The SMILES string of the molecule is COc1ccc(CN(c2ccncn2)S(=O)(=O)c2cc(Cl)c(N(C)[C@H]3CC[C@H](c4cccc(C(F)(F)F)c4)C[C@@H]3N(C)C)cc2F)c(OC)c1. The van der Waals surface area contributed by atoms with Gasteiger partial charge in [-0.3, -0.25) is 0 Å². The molecule has 3 aromatic carbocycles. The van der Waals surface area contributed by atoms with Crippen molar-refractivity contribution in [2.24, 2.45) is 0 Å². The second kappa shape index (κ2) is 15.0. The number of hydrogen-bond acceptors (Lipinski definition) is 8. The van der Waals surface area contributed by atoms with Crippen molar-refractivity contribution in [3.63, 3.8) is 0 Å². The van der Waals surface area contributed by atoms with Gasteiger partial charge in [0.05, 0.1) is 37.0 Å². The third kappa shape index (κ3) is 7.77. The molecule has 268 valence electrons.